The van der Waals surface area contributed by atoms with Crippen LogP contribution in [0.5, 0.6) is 0 Å². The first-order chi connectivity index (χ1) is 37.5. The van der Waals surface area contributed by atoms with Crippen molar-refractivity contribution < 1.29 is 28.6 Å². The van der Waals surface area contributed by atoms with Crippen LogP contribution < -0.4 is 0 Å². The Bertz CT molecular complexity index is 1630. The van der Waals surface area contributed by atoms with Crippen LogP contribution in [-0.2, 0) is 28.6 Å². The molecule has 6 heteroatoms. The number of hydrogen-bond acceptors (Lipinski definition) is 6. The molecule has 0 aromatic carbocycles. The predicted molar refractivity (Wildman–Crippen MR) is 329 cm³/mol. The fourth-order valence-electron chi connectivity index (χ4n) is 8.23. The molecule has 0 rings (SSSR count). The van der Waals surface area contributed by atoms with Gasteiger partial charge >= 0.3 is 17.9 Å². The first kappa shape index (κ1) is 71.5. The number of hydrogen-bond donors (Lipinski definition) is 0. The van der Waals surface area contributed by atoms with Gasteiger partial charge < -0.3 is 14.2 Å². The molecule has 0 saturated heterocycles. The fourth-order valence-corrected chi connectivity index (χ4v) is 8.23. The molecule has 0 aromatic heterocycles. The van der Waals surface area contributed by atoms with Gasteiger partial charge in [-0.05, 0) is 122 Å². The van der Waals surface area contributed by atoms with Gasteiger partial charge in [0.05, 0.1) is 0 Å². The maximum Gasteiger partial charge on any atom is 0.306 e. The smallest absolute Gasteiger partial charge is 0.306 e. The van der Waals surface area contributed by atoms with E-state index in [1.54, 1.807) is 0 Å². The van der Waals surface area contributed by atoms with Gasteiger partial charge in [0.1, 0.15) is 13.2 Å². The number of carbonyl (C=O) groups is 3. The molecule has 6 nitrogen and oxygen atoms in total. The summed E-state index contributed by atoms with van der Waals surface area (Å²) in [7, 11) is 0. The minimum Gasteiger partial charge on any atom is -0.462 e. The number of rotatable bonds is 55. The van der Waals surface area contributed by atoms with Gasteiger partial charge in [0.15, 0.2) is 6.10 Å². The second kappa shape index (κ2) is 63.1. The summed E-state index contributed by atoms with van der Waals surface area (Å²) in [4.78, 5) is 38.0. The van der Waals surface area contributed by atoms with Crippen LogP contribution in [0.4, 0.5) is 0 Å². The Hall–Kier alpha value is -4.45. The normalized spacial score (nSPS) is 13.0. The van der Waals surface area contributed by atoms with E-state index >= 15 is 0 Å². The van der Waals surface area contributed by atoms with Crippen molar-refractivity contribution in [1.82, 2.24) is 0 Å². The van der Waals surface area contributed by atoms with Crippen LogP contribution in [0.3, 0.4) is 0 Å². The molecule has 0 aliphatic rings. The van der Waals surface area contributed by atoms with E-state index in [2.05, 4.69) is 154 Å². The van der Waals surface area contributed by atoms with Crippen molar-refractivity contribution in [1.29, 1.82) is 0 Å². The lowest BCUT2D eigenvalue weighted by atomic mass is 10.1. The Morgan fingerprint density at radius 1 is 0.276 bits per heavy atom. The van der Waals surface area contributed by atoms with E-state index in [0.29, 0.717) is 25.7 Å². The van der Waals surface area contributed by atoms with Gasteiger partial charge in [-0.3, -0.25) is 14.4 Å². The quantitative estimate of drug-likeness (QED) is 0.0261. The summed E-state index contributed by atoms with van der Waals surface area (Å²) in [6.07, 6.45) is 89.1. The van der Waals surface area contributed by atoms with Gasteiger partial charge in [0.25, 0.3) is 0 Å². The highest BCUT2D eigenvalue weighted by molar-refractivity contribution is 5.71. The molecule has 0 amide bonds. The highest BCUT2D eigenvalue weighted by Crippen LogP contribution is 2.14. The maximum atomic E-state index is 12.8. The van der Waals surface area contributed by atoms with E-state index in [-0.39, 0.29) is 31.1 Å². The van der Waals surface area contributed by atoms with Gasteiger partial charge in [-0.2, -0.15) is 0 Å². The van der Waals surface area contributed by atoms with Gasteiger partial charge in [-0.25, -0.2) is 0 Å². The standard InChI is InChI=1S/C70H114O6/c1-4-7-10-13-16-18-20-22-24-26-28-29-30-31-32-33-34-35-36-37-38-39-40-41-42-44-45-47-49-51-54-57-60-63-69(72)75-66-67(65-74-68(71)62-59-56-53-15-12-9-6-3)76-70(73)64-61-58-55-52-50-48-46-43-27-25-23-21-19-17-14-11-8-5-2/h7,10,16,18,22,24-25,27-29,31-32,34-35,37-38,40-41,44-45,49,51,67H,4-6,8-9,11-15,17,19-21,23,26,30,33,36,39,42-43,46-48,50,52-66H2,1-3H3/b10-7-,18-16-,24-22-,27-25-,29-28-,32-31-,35-34-,38-37-,41-40-,45-44-,51-49-. The number of ether oxygens (including phenoxy) is 3. The molecule has 0 fully saturated rings. The Balaban J connectivity index is 4.26. The summed E-state index contributed by atoms with van der Waals surface area (Å²) < 4.78 is 16.8. The van der Waals surface area contributed by atoms with Crippen molar-refractivity contribution in [2.45, 2.75) is 277 Å². The van der Waals surface area contributed by atoms with E-state index in [0.717, 1.165) is 116 Å². The molecule has 76 heavy (non-hydrogen) atoms. The molecule has 1 atom stereocenters. The maximum absolute atomic E-state index is 12.8. The van der Waals surface area contributed by atoms with Gasteiger partial charge in [0, 0.05) is 19.3 Å². The third kappa shape index (κ3) is 60.4. The number of allylic oxidation sites excluding steroid dienone is 22. The van der Waals surface area contributed by atoms with Crippen molar-refractivity contribution in [3.63, 3.8) is 0 Å². The molecule has 0 heterocycles. The van der Waals surface area contributed by atoms with E-state index in [1.165, 1.54) is 109 Å². The molecular formula is C70H114O6. The van der Waals surface area contributed by atoms with Gasteiger partial charge in [-0.15, -0.1) is 0 Å². The highest BCUT2D eigenvalue weighted by atomic mass is 16.6. The minimum atomic E-state index is -0.799. The van der Waals surface area contributed by atoms with Gasteiger partial charge in [-0.1, -0.05) is 264 Å². The average molecular weight is 1050 g/mol. The molecular weight excluding hydrogens is 937 g/mol. The molecule has 0 aromatic rings. The lowest BCUT2D eigenvalue weighted by Gasteiger charge is -2.18. The number of carbonyl (C=O) groups excluding carboxylic acids is 3. The Labute approximate surface area is 468 Å². The van der Waals surface area contributed by atoms with Gasteiger partial charge in [0.2, 0.25) is 0 Å². The van der Waals surface area contributed by atoms with Crippen molar-refractivity contribution in [2.24, 2.45) is 0 Å². The largest absolute Gasteiger partial charge is 0.462 e. The molecule has 0 spiro atoms. The fraction of sp³-hybridized carbons (Fsp3) is 0.643. The Kier molecular flexibility index (Phi) is 59.4. The molecule has 430 valence electrons. The summed E-state index contributed by atoms with van der Waals surface area (Å²) in [6, 6.07) is 0. The second-order valence-corrected chi connectivity index (χ2v) is 20.2. The number of unbranched alkanes of at least 4 members (excludes halogenated alkanes) is 22. The molecule has 0 N–H and O–H groups in total. The third-order valence-electron chi connectivity index (χ3n) is 12.9. The van der Waals surface area contributed by atoms with E-state index in [1.807, 2.05) is 0 Å². The zero-order chi connectivity index (χ0) is 55.0. The van der Waals surface area contributed by atoms with Crippen molar-refractivity contribution in [3.8, 4) is 0 Å². The minimum absolute atomic E-state index is 0.0954. The second-order valence-electron chi connectivity index (χ2n) is 20.2. The SMILES string of the molecule is CC/C=C\C/C=C\C/C=C\C/C=C\C/C=C\C/C=C\C/C=C\C/C=C\C/C=C\C/C=C\CCCCC(=O)OCC(COC(=O)CCCCCCCCC)OC(=O)CCCCCCCCC/C=C\CCCCCCCCC. The summed E-state index contributed by atoms with van der Waals surface area (Å²) in [5, 5.41) is 0. The average Bonchev–Trinajstić information content (AvgIpc) is 3.42. The van der Waals surface area contributed by atoms with E-state index in [9.17, 15) is 14.4 Å². The Morgan fingerprint density at radius 3 is 0.842 bits per heavy atom. The van der Waals surface area contributed by atoms with Crippen LogP contribution in [0.15, 0.2) is 134 Å². The van der Waals surface area contributed by atoms with E-state index < -0.39 is 6.10 Å². The lowest BCUT2D eigenvalue weighted by Crippen LogP contribution is -2.30. The topological polar surface area (TPSA) is 78.9 Å². The summed E-state index contributed by atoms with van der Waals surface area (Å²) in [6.45, 7) is 6.44. The van der Waals surface area contributed by atoms with Crippen molar-refractivity contribution in [3.05, 3.63) is 134 Å². The summed E-state index contributed by atoms with van der Waals surface area (Å²) in [5.41, 5.74) is 0. The van der Waals surface area contributed by atoms with Crippen LogP contribution in [0.2, 0.25) is 0 Å². The highest BCUT2D eigenvalue weighted by Gasteiger charge is 2.19. The first-order valence-corrected chi connectivity index (χ1v) is 31.2. The monoisotopic (exact) mass is 1050 g/mol. The van der Waals surface area contributed by atoms with E-state index in [4.69, 9.17) is 14.2 Å². The van der Waals surface area contributed by atoms with Crippen molar-refractivity contribution in [2.75, 3.05) is 13.2 Å². The Morgan fingerprint density at radius 2 is 0.513 bits per heavy atom. The summed E-state index contributed by atoms with van der Waals surface area (Å²) >= 11 is 0. The zero-order valence-electron chi connectivity index (χ0n) is 49.2. The first-order valence-electron chi connectivity index (χ1n) is 31.2. The molecule has 0 bridgehead atoms. The molecule has 0 aliphatic heterocycles. The van der Waals surface area contributed by atoms with Crippen LogP contribution in [0.1, 0.15) is 271 Å². The van der Waals surface area contributed by atoms with Crippen molar-refractivity contribution >= 4 is 17.9 Å². The molecule has 0 radical (unpaired) electrons. The van der Waals surface area contributed by atoms with Crippen LogP contribution >= 0.6 is 0 Å². The lowest BCUT2D eigenvalue weighted by molar-refractivity contribution is -0.167. The predicted octanol–water partition coefficient (Wildman–Crippen LogP) is 21.4. The number of esters is 3. The van der Waals surface area contributed by atoms with Crippen LogP contribution in [0.25, 0.3) is 0 Å². The molecule has 0 saturated carbocycles. The zero-order valence-corrected chi connectivity index (χ0v) is 49.2. The molecule has 0 aliphatic carbocycles. The molecule has 1 unspecified atom stereocenters. The third-order valence-corrected chi connectivity index (χ3v) is 12.9. The van der Waals surface area contributed by atoms with Crippen LogP contribution in [-0.4, -0.2) is 37.2 Å². The summed E-state index contributed by atoms with van der Waals surface area (Å²) in [5.74, 6) is -0.953. The van der Waals surface area contributed by atoms with Crippen LogP contribution in [0, 0.1) is 0 Å².